The van der Waals surface area contributed by atoms with Gasteiger partial charge in [-0.2, -0.15) is 11.3 Å². The summed E-state index contributed by atoms with van der Waals surface area (Å²) in [6.45, 7) is 2.34. The second-order valence-electron chi connectivity index (χ2n) is 4.82. The fourth-order valence-electron chi connectivity index (χ4n) is 2.33. The number of nitrogens with zero attached hydrogens (tertiary/aromatic N) is 1. The van der Waals surface area contributed by atoms with Crippen molar-refractivity contribution in [1.29, 1.82) is 0 Å². The van der Waals surface area contributed by atoms with Crippen LogP contribution in [0, 0.1) is 5.92 Å². The standard InChI is InChI=1S/C13H17NO3S/c1-9-2-3-11(13(16)17)7-14(9)12(15)6-10-4-5-18-8-10/h4-5,8-9,11H,2-3,6-7H2,1H3,(H,16,17). The van der Waals surface area contributed by atoms with Gasteiger partial charge in [0.15, 0.2) is 0 Å². The Balaban J connectivity index is 2.01. The smallest absolute Gasteiger partial charge is 0.308 e. The molecule has 0 radical (unpaired) electrons. The third-order valence-electron chi connectivity index (χ3n) is 3.49. The summed E-state index contributed by atoms with van der Waals surface area (Å²) in [4.78, 5) is 24.9. The van der Waals surface area contributed by atoms with Gasteiger partial charge in [-0.05, 0) is 42.2 Å². The number of carbonyl (C=O) groups excluding carboxylic acids is 1. The van der Waals surface area contributed by atoms with Crippen LogP contribution in [-0.4, -0.2) is 34.5 Å². The Hall–Kier alpha value is -1.36. The van der Waals surface area contributed by atoms with Crippen molar-refractivity contribution in [2.24, 2.45) is 5.92 Å². The highest BCUT2D eigenvalue weighted by atomic mass is 32.1. The molecular weight excluding hydrogens is 250 g/mol. The minimum absolute atomic E-state index is 0.0341. The maximum absolute atomic E-state index is 12.2. The summed E-state index contributed by atoms with van der Waals surface area (Å²) >= 11 is 1.57. The number of piperidine rings is 1. The number of rotatable bonds is 3. The third kappa shape index (κ3) is 2.90. The van der Waals surface area contributed by atoms with Gasteiger partial charge in [0.25, 0.3) is 0 Å². The number of amides is 1. The van der Waals surface area contributed by atoms with Crippen LogP contribution in [0.5, 0.6) is 0 Å². The summed E-state index contributed by atoms with van der Waals surface area (Å²) in [5, 5.41) is 13.0. The van der Waals surface area contributed by atoms with E-state index in [1.807, 2.05) is 23.8 Å². The zero-order chi connectivity index (χ0) is 13.1. The number of carboxylic acid groups (broad SMARTS) is 1. The van der Waals surface area contributed by atoms with E-state index in [-0.39, 0.29) is 11.9 Å². The normalized spacial score (nSPS) is 23.9. The summed E-state index contributed by atoms with van der Waals surface area (Å²) in [5.41, 5.74) is 1.01. The summed E-state index contributed by atoms with van der Waals surface area (Å²) in [6.07, 6.45) is 1.81. The monoisotopic (exact) mass is 267 g/mol. The number of likely N-dealkylation sites (tertiary alicyclic amines) is 1. The molecule has 5 heteroatoms. The molecular formula is C13H17NO3S. The molecule has 2 unspecified atom stereocenters. The predicted octanol–water partition coefficient (Wildman–Crippen LogP) is 2.00. The van der Waals surface area contributed by atoms with Crippen LogP contribution in [-0.2, 0) is 16.0 Å². The Morgan fingerprint density at radius 2 is 2.28 bits per heavy atom. The molecule has 1 saturated heterocycles. The van der Waals surface area contributed by atoms with Crippen LogP contribution in [0.2, 0.25) is 0 Å². The Kier molecular flexibility index (Phi) is 4.01. The topological polar surface area (TPSA) is 57.6 Å². The highest BCUT2D eigenvalue weighted by Crippen LogP contribution is 2.23. The molecule has 2 rings (SSSR count). The molecule has 0 aromatic carbocycles. The first-order valence-corrected chi connectivity index (χ1v) is 7.05. The molecule has 1 aromatic rings. The second-order valence-corrected chi connectivity index (χ2v) is 5.60. The number of carbonyl (C=O) groups is 2. The maximum atomic E-state index is 12.2. The lowest BCUT2D eigenvalue weighted by molar-refractivity contribution is -0.146. The summed E-state index contributed by atoms with van der Waals surface area (Å²) < 4.78 is 0. The van der Waals surface area contributed by atoms with Gasteiger partial charge >= 0.3 is 5.97 Å². The molecule has 0 bridgehead atoms. The van der Waals surface area contributed by atoms with E-state index < -0.39 is 11.9 Å². The molecule has 0 aliphatic carbocycles. The second kappa shape index (κ2) is 5.52. The highest BCUT2D eigenvalue weighted by Gasteiger charge is 2.32. The predicted molar refractivity (Wildman–Crippen MR) is 69.6 cm³/mol. The van der Waals surface area contributed by atoms with Crippen LogP contribution < -0.4 is 0 Å². The van der Waals surface area contributed by atoms with Crippen LogP contribution in [0.25, 0.3) is 0 Å². The van der Waals surface area contributed by atoms with Gasteiger partial charge in [-0.15, -0.1) is 0 Å². The number of hydrogen-bond donors (Lipinski definition) is 1. The quantitative estimate of drug-likeness (QED) is 0.911. The highest BCUT2D eigenvalue weighted by molar-refractivity contribution is 7.07. The zero-order valence-electron chi connectivity index (χ0n) is 10.3. The van der Waals surface area contributed by atoms with Gasteiger partial charge < -0.3 is 10.0 Å². The molecule has 1 amide bonds. The number of carboxylic acids is 1. The van der Waals surface area contributed by atoms with E-state index in [2.05, 4.69) is 0 Å². The third-order valence-corrected chi connectivity index (χ3v) is 4.22. The van der Waals surface area contributed by atoms with Crippen LogP contribution in [0.3, 0.4) is 0 Å². The minimum atomic E-state index is -0.796. The number of hydrogen-bond acceptors (Lipinski definition) is 3. The molecule has 1 fully saturated rings. The van der Waals surface area contributed by atoms with Crippen LogP contribution in [0.4, 0.5) is 0 Å². The molecule has 18 heavy (non-hydrogen) atoms. The van der Waals surface area contributed by atoms with E-state index in [4.69, 9.17) is 5.11 Å². The molecule has 2 heterocycles. The lowest BCUT2D eigenvalue weighted by atomic mass is 9.93. The first-order chi connectivity index (χ1) is 8.58. The van der Waals surface area contributed by atoms with Crippen molar-refractivity contribution >= 4 is 23.2 Å². The fourth-order valence-corrected chi connectivity index (χ4v) is 2.99. The van der Waals surface area contributed by atoms with Gasteiger partial charge in [0.05, 0.1) is 12.3 Å². The van der Waals surface area contributed by atoms with Gasteiger partial charge in [0.1, 0.15) is 0 Å². The average Bonchev–Trinajstić information content (AvgIpc) is 2.81. The fraction of sp³-hybridized carbons (Fsp3) is 0.538. The first-order valence-electron chi connectivity index (χ1n) is 6.11. The van der Waals surface area contributed by atoms with Gasteiger partial charge in [-0.25, -0.2) is 0 Å². The molecule has 1 aliphatic rings. The lowest BCUT2D eigenvalue weighted by Gasteiger charge is -2.36. The van der Waals surface area contributed by atoms with Gasteiger partial charge in [-0.1, -0.05) is 0 Å². The average molecular weight is 267 g/mol. The summed E-state index contributed by atoms with van der Waals surface area (Å²) in [5.74, 6) is -1.17. The van der Waals surface area contributed by atoms with E-state index in [9.17, 15) is 9.59 Å². The Bertz CT molecular complexity index is 429. The van der Waals surface area contributed by atoms with E-state index in [0.717, 1.165) is 12.0 Å². The van der Waals surface area contributed by atoms with Crippen molar-refractivity contribution in [2.45, 2.75) is 32.2 Å². The van der Waals surface area contributed by atoms with Crippen molar-refractivity contribution in [3.05, 3.63) is 22.4 Å². The van der Waals surface area contributed by atoms with Gasteiger partial charge in [-0.3, -0.25) is 9.59 Å². The van der Waals surface area contributed by atoms with E-state index in [1.54, 1.807) is 16.2 Å². The summed E-state index contributed by atoms with van der Waals surface area (Å²) in [7, 11) is 0. The maximum Gasteiger partial charge on any atom is 0.308 e. The van der Waals surface area contributed by atoms with Gasteiger partial charge in [0, 0.05) is 12.6 Å². The molecule has 2 atom stereocenters. The van der Waals surface area contributed by atoms with E-state index in [1.165, 1.54) is 0 Å². The number of aliphatic carboxylic acids is 1. The molecule has 1 aliphatic heterocycles. The Morgan fingerprint density at radius 3 is 2.89 bits per heavy atom. The lowest BCUT2D eigenvalue weighted by Crippen LogP contribution is -2.47. The van der Waals surface area contributed by atoms with E-state index >= 15 is 0 Å². The number of thiophene rings is 1. The van der Waals surface area contributed by atoms with Crippen molar-refractivity contribution < 1.29 is 14.7 Å². The SMILES string of the molecule is CC1CCC(C(=O)O)CN1C(=O)Cc1ccsc1. The van der Waals surface area contributed by atoms with Crippen molar-refractivity contribution in [3.8, 4) is 0 Å². The molecule has 1 aromatic heterocycles. The van der Waals surface area contributed by atoms with Crippen LogP contribution in [0.15, 0.2) is 16.8 Å². The summed E-state index contributed by atoms with van der Waals surface area (Å²) in [6, 6.07) is 2.08. The van der Waals surface area contributed by atoms with Crippen molar-refractivity contribution in [3.63, 3.8) is 0 Å². The molecule has 4 nitrogen and oxygen atoms in total. The molecule has 0 saturated carbocycles. The Morgan fingerprint density at radius 1 is 1.50 bits per heavy atom. The van der Waals surface area contributed by atoms with Crippen molar-refractivity contribution in [1.82, 2.24) is 4.90 Å². The van der Waals surface area contributed by atoms with Crippen LogP contribution >= 0.6 is 11.3 Å². The first kappa shape index (κ1) is 13.1. The largest absolute Gasteiger partial charge is 0.481 e. The van der Waals surface area contributed by atoms with Crippen molar-refractivity contribution in [2.75, 3.05) is 6.54 Å². The van der Waals surface area contributed by atoms with Gasteiger partial charge in [0.2, 0.25) is 5.91 Å². The zero-order valence-corrected chi connectivity index (χ0v) is 11.2. The molecule has 98 valence electrons. The minimum Gasteiger partial charge on any atom is -0.481 e. The Labute approximate surface area is 110 Å². The van der Waals surface area contributed by atoms with Crippen LogP contribution in [0.1, 0.15) is 25.3 Å². The van der Waals surface area contributed by atoms with E-state index in [0.29, 0.717) is 19.4 Å². The molecule has 0 spiro atoms. The molecule has 1 N–H and O–H groups in total.